The minimum absolute atomic E-state index is 0.150. The SMILES string of the molecule is Cc1cc(C2C3=CCC4C(=O)N(c5ccc(N=Nc6ccc(N(C)C)cc6)cc5)C(=O)C4C3CC3C(=O)N(c4cccc(Cl)c4)C(=O)C32c2ccccc2)cc(C)c1O. The van der Waals surface area contributed by atoms with Crippen molar-refractivity contribution in [3.05, 3.63) is 154 Å². The van der Waals surface area contributed by atoms with E-state index in [0.29, 0.717) is 50.9 Å². The van der Waals surface area contributed by atoms with Crippen molar-refractivity contribution >= 4 is 63.7 Å². The molecule has 0 radical (unpaired) electrons. The zero-order valence-electron chi connectivity index (χ0n) is 33.0. The van der Waals surface area contributed by atoms with Crippen molar-refractivity contribution in [3.8, 4) is 5.75 Å². The van der Waals surface area contributed by atoms with E-state index in [2.05, 4.69) is 10.2 Å². The van der Waals surface area contributed by atoms with Gasteiger partial charge in [0.15, 0.2) is 0 Å². The average Bonchev–Trinajstić information content (AvgIpc) is 3.63. The van der Waals surface area contributed by atoms with Crippen LogP contribution in [0.3, 0.4) is 0 Å². The molecule has 4 amide bonds. The summed E-state index contributed by atoms with van der Waals surface area (Å²) >= 11 is 6.45. The Hall–Kier alpha value is -6.39. The van der Waals surface area contributed by atoms with Crippen molar-refractivity contribution in [1.29, 1.82) is 0 Å². The van der Waals surface area contributed by atoms with Crippen LogP contribution in [0, 0.1) is 37.5 Å². The molecule has 59 heavy (non-hydrogen) atoms. The molecule has 9 rings (SSSR count). The second-order valence-electron chi connectivity index (χ2n) is 16.2. The predicted octanol–water partition coefficient (Wildman–Crippen LogP) is 9.51. The van der Waals surface area contributed by atoms with Crippen LogP contribution in [0.5, 0.6) is 5.75 Å². The molecule has 1 N–H and O–H groups in total. The number of anilines is 3. The standard InChI is InChI=1S/C48H42ClN5O5/c1-27-23-29(24-28(2)43(27)55)42-37-21-22-38-41(46(58)53(44(38)56)35-19-15-33(16-20-35)51-50-32-13-17-34(18-14-32)52(3)4)39(37)26-40-45(57)54(36-12-8-11-31(49)25-36)47(59)48(40,42)30-9-6-5-7-10-30/h5-21,23-25,38-42,55H,22,26H2,1-4H3. The molecule has 2 saturated heterocycles. The summed E-state index contributed by atoms with van der Waals surface area (Å²) in [6.07, 6.45) is 2.51. The molecule has 0 aromatic heterocycles. The number of aryl methyl sites for hydroxylation is 2. The molecule has 0 spiro atoms. The maximum absolute atomic E-state index is 15.5. The Morgan fingerprint density at radius 2 is 1.36 bits per heavy atom. The molecular formula is C48H42ClN5O5. The molecule has 11 heteroatoms. The van der Waals surface area contributed by atoms with Gasteiger partial charge in [-0.1, -0.05) is 71.8 Å². The van der Waals surface area contributed by atoms with Gasteiger partial charge in [0.1, 0.15) is 5.75 Å². The van der Waals surface area contributed by atoms with E-state index >= 15 is 9.59 Å². The first-order chi connectivity index (χ1) is 28.4. The summed E-state index contributed by atoms with van der Waals surface area (Å²) in [5, 5.41) is 20.0. The molecule has 10 nitrogen and oxygen atoms in total. The Morgan fingerprint density at radius 1 is 0.712 bits per heavy atom. The van der Waals surface area contributed by atoms with Gasteiger partial charge in [0.25, 0.3) is 0 Å². The van der Waals surface area contributed by atoms with Gasteiger partial charge in [-0.15, -0.1) is 0 Å². The zero-order valence-corrected chi connectivity index (χ0v) is 33.8. The van der Waals surface area contributed by atoms with Crippen LogP contribution in [0.25, 0.3) is 0 Å². The van der Waals surface area contributed by atoms with Gasteiger partial charge in [-0.05, 0) is 122 Å². The highest BCUT2D eigenvalue weighted by atomic mass is 35.5. The number of carbonyl (C=O) groups excluding carboxylic acids is 4. The van der Waals surface area contributed by atoms with Crippen molar-refractivity contribution in [2.75, 3.05) is 28.8 Å². The van der Waals surface area contributed by atoms with E-state index in [1.807, 2.05) is 106 Å². The van der Waals surface area contributed by atoms with Crippen molar-refractivity contribution in [1.82, 2.24) is 0 Å². The number of imide groups is 2. The fourth-order valence-electron chi connectivity index (χ4n) is 10.1. The molecule has 2 aliphatic carbocycles. The van der Waals surface area contributed by atoms with Gasteiger partial charge in [-0.25, -0.2) is 4.90 Å². The number of rotatable bonds is 7. The molecule has 3 fully saturated rings. The molecule has 296 valence electrons. The first kappa shape index (κ1) is 38.1. The lowest BCUT2D eigenvalue weighted by Crippen LogP contribution is -2.53. The molecular weight excluding hydrogens is 762 g/mol. The first-order valence-corrected chi connectivity index (χ1v) is 20.1. The maximum Gasteiger partial charge on any atom is 0.246 e. The number of amides is 4. The van der Waals surface area contributed by atoms with Crippen molar-refractivity contribution in [2.24, 2.45) is 33.9 Å². The lowest BCUT2D eigenvalue weighted by molar-refractivity contribution is -0.127. The van der Waals surface area contributed by atoms with Gasteiger partial charge in [-0.2, -0.15) is 10.2 Å². The lowest BCUT2D eigenvalue weighted by atomic mass is 9.49. The normalized spacial score (nSPS) is 25.0. The summed E-state index contributed by atoms with van der Waals surface area (Å²) < 4.78 is 0. The van der Waals surface area contributed by atoms with E-state index in [1.54, 1.807) is 48.5 Å². The third-order valence-electron chi connectivity index (χ3n) is 12.8. The third kappa shape index (κ3) is 5.99. The Balaban J connectivity index is 1.12. The van der Waals surface area contributed by atoms with E-state index in [1.165, 1.54) is 9.80 Å². The molecule has 2 heterocycles. The van der Waals surface area contributed by atoms with Crippen molar-refractivity contribution in [2.45, 2.75) is 38.0 Å². The number of nitrogens with zero attached hydrogens (tertiary/aromatic N) is 5. The topological polar surface area (TPSA) is 123 Å². The summed E-state index contributed by atoms with van der Waals surface area (Å²) in [7, 11) is 3.93. The van der Waals surface area contributed by atoms with Crippen LogP contribution in [0.4, 0.5) is 28.4 Å². The van der Waals surface area contributed by atoms with Gasteiger partial charge < -0.3 is 10.0 Å². The number of carbonyl (C=O) groups is 4. The number of phenolic OH excluding ortho intramolecular Hbond substituents is 1. The van der Waals surface area contributed by atoms with Crippen LogP contribution in [-0.2, 0) is 24.6 Å². The number of hydrogen-bond donors (Lipinski definition) is 1. The molecule has 5 aromatic rings. The lowest BCUT2D eigenvalue weighted by Gasteiger charge is -2.51. The van der Waals surface area contributed by atoms with Crippen molar-refractivity contribution in [3.63, 3.8) is 0 Å². The maximum atomic E-state index is 15.5. The molecule has 4 aliphatic rings. The Bertz CT molecular complexity index is 2580. The quantitative estimate of drug-likeness (QED) is 0.0994. The van der Waals surface area contributed by atoms with Gasteiger partial charge in [0.05, 0.1) is 45.9 Å². The van der Waals surface area contributed by atoms with E-state index in [9.17, 15) is 14.7 Å². The van der Waals surface area contributed by atoms with Gasteiger partial charge >= 0.3 is 0 Å². The monoisotopic (exact) mass is 803 g/mol. The minimum Gasteiger partial charge on any atom is -0.507 e. The van der Waals surface area contributed by atoms with Crippen LogP contribution >= 0.6 is 11.6 Å². The highest BCUT2D eigenvalue weighted by Gasteiger charge is 2.70. The van der Waals surface area contributed by atoms with Gasteiger partial charge in [0.2, 0.25) is 23.6 Å². The Labute approximate surface area is 347 Å². The van der Waals surface area contributed by atoms with E-state index in [-0.39, 0.29) is 35.8 Å². The second-order valence-corrected chi connectivity index (χ2v) is 16.7. The molecule has 2 aliphatic heterocycles. The van der Waals surface area contributed by atoms with Crippen LogP contribution in [-0.4, -0.2) is 42.8 Å². The summed E-state index contributed by atoms with van der Waals surface area (Å²) in [4.78, 5) is 64.2. The number of benzene rings is 5. The van der Waals surface area contributed by atoms with Crippen LogP contribution in [0.15, 0.2) is 137 Å². The van der Waals surface area contributed by atoms with E-state index < -0.39 is 35.0 Å². The average molecular weight is 804 g/mol. The number of fused-ring (bicyclic) bond motifs is 4. The number of phenols is 1. The first-order valence-electron chi connectivity index (χ1n) is 19.8. The fourth-order valence-corrected chi connectivity index (χ4v) is 10.3. The largest absolute Gasteiger partial charge is 0.507 e. The number of aromatic hydroxyl groups is 1. The van der Waals surface area contributed by atoms with E-state index in [0.717, 1.165) is 16.8 Å². The Morgan fingerprint density at radius 3 is 1.98 bits per heavy atom. The van der Waals surface area contributed by atoms with Crippen LogP contribution in [0.2, 0.25) is 5.02 Å². The molecule has 6 unspecified atom stereocenters. The fraction of sp³-hybridized carbons (Fsp3) is 0.250. The summed E-state index contributed by atoms with van der Waals surface area (Å²) in [5.41, 5.74) is 5.23. The minimum atomic E-state index is -1.41. The Kier molecular flexibility index (Phi) is 9.35. The summed E-state index contributed by atoms with van der Waals surface area (Å²) in [6.45, 7) is 3.63. The molecule has 1 saturated carbocycles. The predicted molar refractivity (Wildman–Crippen MR) is 228 cm³/mol. The van der Waals surface area contributed by atoms with Gasteiger partial charge in [-0.3, -0.25) is 24.1 Å². The molecule has 5 aromatic carbocycles. The van der Waals surface area contributed by atoms with E-state index in [4.69, 9.17) is 11.6 Å². The highest BCUT2D eigenvalue weighted by molar-refractivity contribution is 6.32. The zero-order chi connectivity index (χ0) is 41.3. The second kappa shape index (κ2) is 14.5. The molecule has 6 atom stereocenters. The van der Waals surface area contributed by atoms with Gasteiger partial charge in [0, 0.05) is 30.7 Å². The third-order valence-corrected chi connectivity index (χ3v) is 13.0. The summed E-state index contributed by atoms with van der Waals surface area (Å²) in [5.74, 6) is -4.77. The smallest absolute Gasteiger partial charge is 0.246 e. The number of allylic oxidation sites excluding steroid dienone is 2. The number of azo groups is 1. The van der Waals surface area contributed by atoms with Crippen molar-refractivity contribution < 1.29 is 24.3 Å². The number of hydrogen-bond acceptors (Lipinski definition) is 8. The number of halogens is 1. The van der Waals surface area contributed by atoms with Crippen LogP contribution in [0.1, 0.15) is 41.0 Å². The molecule has 0 bridgehead atoms. The highest BCUT2D eigenvalue weighted by Crippen LogP contribution is 2.65. The summed E-state index contributed by atoms with van der Waals surface area (Å²) in [6, 6.07) is 34.5. The van der Waals surface area contributed by atoms with Crippen LogP contribution < -0.4 is 14.7 Å².